The van der Waals surface area contributed by atoms with Gasteiger partial charge in [0.1, 0.15) is 27.3 Å². The molecule has 0 radical (unpaired) electrons. The fourth-order valence-corrected chi connectivity index (χ4v) is 7.65. The second-order valence-electron chi connectivity index (χ2n) is 10.5. The number of hydrogen-bond donors (Lipinski definition) is 2. The zero-order valence-electron chi connectivity index (χ0n) is 26.5. The second kappa shape index (κ2) is 15.2. The number of hydrogen-bond acceptors (Lipinski definition) is 9. The summed E-state index contributed by atoms with van der Waals surface area (Å²) in [5, 5.41) is 5.62. The van der Waals surface area contributed by atoms with Gasteiger partial charge in [0, 0.05) is 28.9 Å². The van der Waals surface area contributed by atoms with E-state index in [0.717, 1.165) is 20.9 Å². The SMILES string of the molecule is CCOC(=O)c1c(NC(=O)C(Sc2cccc(NC(=O)c3c(OC)cccc3OC)c2)c2ccccc2)sc2c1CCN(C(C)=O)C2. The van der Waals surface area contributed by atoms with Crippen LogP contribution in [-0.4, -0.2) is 56.0 Å². The van der Waals surface area contributed by atoms with E-state index >= 15 is 0 Å². The van der Waals surface area contributed by atoms with Gasteiger partial charge in [-0.2, -0.15) is 0 Å². The van der Waals surface area contributed by atoms with Crippen molar-refractivity contribution in [3.8, 4) is 11.5 Å². The number of nitrogens with zero attached hydrogens (tertiary/aromatic N) is 1. The molecule has 2 N–H and O–H groups in total. The minimum absolute atomic E-state index is 0.0478. The smallest absolute Gasteiger partial charge is 0.341 e. The number of thiophene rings is 1. The van der Waals surface area contributed by atoms with E-state index in [1.54, 1.807) is 48.2 Å². The zero-order valence-corrected chi connectivity index (χ0v) is 28.1. The third-order valence-corrected chi connectivity index (χ3v) is 9.94. The molecule has 1 unspecified atom stereocenters. The van der Waals surface area contributed by atoms with Crippen LogP contribution < -0.4 is 20.1 Å². The van der Waals surface area contributed by atoms with Crippen LogP contribution in [0.3, 0.4) is 0 Å². The molecule has 0 saturated carbocycles. The molecule has 12 heteroatoms. The van der Waals surface area contributed by atoms with Crippen molar-refractivity contribution in [2.45, 2.75) is 37.0 Å². The molecule has 0 fully saturated rings. The Morgan fingerprint density at radius 1 is 0.915 bits per heavy atom. The molecule has 2 heterocycles. The van der Waals surface area contributed by atoms with E-state index in [1.807, 2.05) is 36.4 Å². The van der Waals surface area contributed by atoms with E-state index in [2.05, 4.69) is 10.6 Å². The van der Waals surface area contributed by atoms with Crippen LogP contribution in [0, 0.1) is 0 Å². The predicted molar refractivity (Wildman–Crippen MR) is 183 cm³/mol. The van der Waals surface area contributed by atoms with Crippen LogP contribution in [0.1, 0.15) is 55.8 Å². The summed E-state index contributed by atoms with van der Waals surface area (Å²) < 4.78 is 16.2. The molecular formula is C35H35N3O7S2. The van der Waals surface area contributed by atoms with Crippen molar-refractivity contribution in [3.05, 3.63) is 99.9 Å². The summed E-state index contributed by atoms with van der Waals surface area (Å²) >= 11 is 2.60. The first kappa shape index (κ1) is 33.6. The molecule has 0 bridgehead atoms. The van der Waals surface area contributed by atoms with Gasteiger partial charge in [-0.25, -0.2) is 4.79 Å². The van der Waals surface area contributed by atoms with E-state index in [4.69, 9.17) is 14.2 Å². The molecule has 4 aromatic rings. The van der Waals surface area contributed by atoms with E-state index in [9.17, 15) is 19.2 Å². The van der Waals surface area contributed by atoms with Gasteiger partial charge in [0.25, 0.3) is 5.91 Å². The number of rotatable bonds is 11. The van der Waals surface area contributed by atoms with Crippen molar-refractivity contribution in [3.63, 3.8) is 0 Å². The normalized spacial score (nSPS) is 12.8. The lowest BCUT2D eigenvalue weighted by atomic mass is 10.0. The molecule has 244 valence electrons. The first-order valence-corrected chi connectivity index (χ1v) is 16.7. The van der Waals surface area contributed by atoms with E-state index < -0.39 is 17.1 Å². The highest BCUT2D eigenvalue weighted by molar-refractivity contribution is 8.00. The molecular weight excluding hydrogens is 639 g/mol. The van der Waals surface area contributed by atoms with Gasteiger partial charge in [-0.1, -0.05) is 42.5 Å². The molecule has 0 aliphatic carbocycles. The predicted octanol–water partition coefficient (Wildman–Crippen LogP) is 6.57. The average Bonchev–Trinajstić information content (AvgIpc) is 3.44. The highest BCUT2D eigenvalue weighted by Gasteiger charge is 2.32. The standard InChI is InChI=1S/C35H35N3O7S2/c1-5-45-35(42)29-25-17-18-38(21(2)39)20-28(25)47-34(29)37-33(41)31(22-11-7-6-8-12-22)46-24-14-9-13-23(19-24)36-32(40)30-26(43-3)15-10-16-27(30)44-4/h6-16,19,31H,5,17-18,20H2,1-4H3,(H,36,40)(H,37,41). The maximum atomic E-state index is 14.1. The summed E-state index contributed by atoms with van der Waals surface area (Å²) in [4.78, 5) is 55.9. The first-order valence-electron chi connectivity index (χ1n) is 15.0. The number of ether oxygens (including phenoxy) is 3. The van der Waals surface area contributed by atoms with Gasteiger partial charge in [0.05, 0.1) is 32.9 Å². The molecule has 1 aromatic heterocycles. The van der Waals surface area contributed by atoms with Gasteiger partial charge in [-0.3, -0.25) is 14.4 Å². The van der Waals surface area contributed by atoms with Crippen LogP contribution in [-0.2, 0) is 27.3 Å². The van der Waals surface area contributed by atoms with Crippen LogP contribution in [0.4, 0.5) is 10.7 Å². The summed E-state index contributed by atoms with van der Waals surface area (Å²) in [6, 6.07) is 21.6. The van der Waals surface area contributed by atoms with Gasteiger partial charge in [-0.15, -0.1) is 23.1 Å². The Balaban J connectivity index is 1.42. The molecule has 10 nitrogen and oxygen atoms in total. The van der Waals surface area contributed by atoms with Crippen molar-refractivity contribution in [2.75, 3.05) is 38.0 Å². The molecule has 47 heavy (non-hydrogen) atoms. The molecule has 3 amide bonds. The van der Waals surface area contributed by atoms with Crippen LogP contribution in [0.15, 0.2) is 77.7 Å². The number of nitrogens with one attached hydrogen (secondary N) is 2. The third kappa shape index (κ3) is 7.61. The Morgan fingerprint density at radius 3 is 2.28 bits per heavy atom. The van der Waals surface area contributed by atoms with Crippen molar-refractivity contribution < 1.29 is 33.4 Å². The van der Waals surface area contributed by atoms with Gasteiger partial charge in [0.2, 0.25) is 11.8 Å². The first-order chi connectivity index (χ1) is 22.7. The minimum atomic E-state index is -0.709. The number of methoxy groups -OCH3 is 2. The zero-order chi connectivity index (χ0) is 33.5. The Bertz CT molecular complexity index is 1770. The number of carbonyl (C=O) groups excluding carboxylic acids is 4. The van der Waals surface area contributed by atoms with Crippen LogP contribution in [0.25, 0.3) is 0 Å². The maximum Gasteiger partial charge on any atom is 0.341 e. The van der Waals surface area contributed by atoms with Gasteiger partial charge in [0.15, 0.2) is 0 Å². The van der Waals surface area contributed by atoms with Crippen molar-refractivity contribution in [2.24, 2.45) is 0 Å². The van der Waals surface area contributed by atoms with Crippen molar-refractivity contribution in [1.82, 2.24) is 4.90 Å². The van der Waals surface area contributed by atoms with Crippen LogP contribution in [0.2, 0.25) is 0 Å². The monoisotopic (exact) mass is 673 g/mol. The van der Waals surface area contributed by atoms with Crippen molar-refractivity contribution in [1.29, 1.82) is 0 Å². The quantitative estimate of drug-likeness (QED) is 0.135. The number of esters is 1. The summed E-state index contributed by atoms with van der Waals surface area (Å²) in [5.41, 5.74) is 2.69. The molecule has 1 aliphatic heterocycles. The molecule has 1 atom stereocenters. The maximum absolute atomic E-state index is 14.1. The number of thioether (sulfide) groups is 1. The molecule has 0 spiro atoms. The van der Waals surface area contributed by atoms with Gasteiger partial charge < -0.3 is 29.7 Å². The molecule has 3 aromatic carbocycles. The number of benzene rings is 3. The highest BCUT2D eigenvalue weighted by atomic mass is 32.2. The summed E-state index contributed by atoms with van der Waals surface area (Å²) in [6.07, 6.45) is 0.492. The summed E-state index contributed by atoms with van der Waals surface area (Å²) in [7, 11) is 2.97. The molecule has 0 saturated heterocycles. The number of fused-ring (bicyclic) bond motifs is 1. The Hall–Kier alpha value is -4.81. The summed E-state index contributed by atoms with van der Waals surface area (Å²) in [6.45, 7) is 4.30. The number of anilines is 2. The topological polar surface area (TPSA) is 123 Å². The largest absolute Gasteiger partial charge is 0.496 e. The Labute approximate surface area is 281 Å². The average molecular weight is 674 g/mol. The third-order valence-electron chi connectivity index (χ3n) is 7.56. The minimum Gasteiger partial charge on any atom is -0.496 e. The van der Waals surface area contributed by atoms with E-state index in [-0.39, 0.29) is 24.0 Å². The van der Waals surface area contributed by atoms with E-state index in [0.29, 0.717) is 47.3 Å². The fourth-order valence-electron chi connectivity index (χ4n) is 5.31. The molecule has 5 rings (SSSR count). The van der Waals surface area contributed by atoms with Gasteiger partial charge in [-0.05, 0) is 54.8 Å². The van der Waals surface area contributed by atoms with Gasteiger partial charge >= 0.3 is 5.97 Å². The highest BCUT2D eigenvalue weighted by Crippen LogP contribution is 2.41. The Kier molecular flexibility index (Phi) is 10.8. The number of amides is 3. The number of carbonyl (C=O) groups is 4. The fraction of sp³-hybridized carbons (Fsp3) is 0.257. The summed E-state index contributed by atoms with van der Waals surface area (Å²) in [5.74, 6) is -0.541. The molecule has 1 aliphatic rings. The van der Waals surface area contributed by atoms with Crippen LogP contribution >= 0.6 is 23.1 Å². The Morgan fingerprint density at radius 2 is 1.62 bits per heavy atom. The lowest BCUT2D eigenvalue weighted by Gasteiger charge is -2.25. The van der Waals surface area contributed by atoms with Crippen molar-refractivity contribution >= 4 is 57.5 Å². The second-order valence-corrected chi connectivity index (χ2v) is 12.8. The van der Waals surface area contributed by atoms with Crippen LogP contribution in [0.5, 0.6) is 11.5 Å². The lowest BCUT2D eigenvalue weighted by molar-refractivity contribution is -0.129. The van der Waals surface area contributed by atoms with E-state index in [1.165, 1.54) is 44.2 Å². The lowest BCUT2D eigenvalue weighted by Crippen LogP contribution is -2.34.